The predicted molar refractivity (Wildman–Crippen MR) is 331 cm³/mol. The number of nitrogens with zero attached hydrogens (tertiary/aromatic N) is 3. The molecule has 0 aliphatic heterocycles. The Kier molecular flexibility index (Phi) is 8.67. The average molecular weight is 1020 g/mol. The summed E-state index contributed by atoms with van der Waals surface area (Å²) in [7, 11) is 0. The molecular formula is C75H47N3O2. The van der Waals surface area contributed by atoms with E-state index in [4.69, 9.17) is 8.83 Å². The smallest absolute Gasteiger partial charge is 0.137 e. The lowest BCUT2D eigenvalue weighted by Crippen LogP contribution is -2.26. The van der Waals surface area contributed by atoms with E-state index in [1.807, 2.05) is 6.07 Å². The lowest BCUT2D eigenvalue weighted by Gasteiger charge is -2.33. The molecule has 5 nitrogen and oxygen atoms in total. The molecule has 0 radical (unpaired) electrons. The molecule has 1 spiro atoms. The van der Waals surface area contributed by atoms with E-state index in [-0.39, 0.29) is 0 Å². The molecule has 0 N–H and O–H groups in total. The van der Waals surface area contributed by atoms with Crippen molar-refractivity contribution in [2.45, 2.75) is 19.3 Å². The SMILES string of the molecule is Cc1cccc(N(c2ccc3c(c2)C2(c4ccccc4-c4ccccc42)c2cc(N(c4cccc(C)c4)c4ccc5c(c4)oc4ccccc45)c4c5cccc6c7ccccc7n(c4c2-3)c65)c2ccc3c(c2)oc2ccccc23)c1. The van der Waals surface area contributed by atoms with E-state index in [1.165, 1.54) is 93.7 Å². The second kappa shape index (κ2) is 15.9. The van der Waals surface area contributed by atoms with Crippen LogP contribution in [-0.4, -0.2) is 4.40 Å². The van der Waals surface area contributed by atoms with Crippen LogP contribution in [0.4, 0.5) is 34.1 Å². The van der Waals surface area contributed by atoms with Gasteiger partial charge in [0.15, 0.2) is 0 Å². The Balaban J connectivity index is 0.998. The molecule has 18 rings (SSSR count). The largest absolute Gasteiger partial charge is 0.456 e. The molecule has 12 aromatic carbocycles. The zero-order valence-electron chi connectivity index (χ0n) is 43.8. The second-order valence-electron chi connectivity index (χ2n) is 22.1. The lowest BCUT2D eigenvalue weighted by molar-refractivity contribution is 0.668. The van der Waals surface area contributed by atoms with Crippen LogP contribution in [0.15, 0.2) is 258 Å². The first-order valence-electron chi connectivity index (χ1n) is 27.6. The first-order valence-corrected chi connectivity index (χ1v) is 27.6. The van der Waals surface area contributed by atoms with E-state index in [0.717, 1.165) is 78.0 Å². The molecule has 80 heavy (non-hydrogen) atoms. The van der Waals surface area contributed by atoms with Crippen molar-refractivity contribution in [2.24, 2.45) is 0 Å². The summed E-state index contributed by atoms with van der Waals surface area (Å²) < 4.78 is 16.0. The summed E-state index contributed by atoms with van der Waals surface area (Å²) in [6, 6.07) is 92.2. The molecule has 0 bridgehead atoms. The van der Waals surface area contributed by atoms with Gasteiger partial charge in [0.1, 0.15) is 22.3 Å². The molecule has 2 aliphatic rings. The number of para-hydroxylation sites is 4. The van der Waals surface area contributed by atoms with Gasteiger partial charge in [-0.3, -0.25) is 0 Å². The van der Waals surface area contributed by atoms with E-state index < -0.39 is 5.41 Å². The quantitative estimate of drug-likeness (QED) is 0.166. The maximum atomic E-state index is 6.73. The van der Waals surface area contributed by atoms with Crippen molar-refractivity contribution < 1.29 is 8.83 Å². The number of rotatable bonds is 6. The zero-order chi connectivity index (χ0) is 52.5. The van der Waals surface area contributed by atoms with E-state index in [0.29, 0.717) is 0 Å². The van der Waals surface area contributed by atoms with Crippen LogP contribution in [0.3, 0.4) is 0 Å². The Morgan fingerprint density at radius 2 is 0.825 bits per heavy atom. The van der Waals surface area contributed by atoms with Gasteiger partial charge in [-0.2, -0.15) is 0 Å². The van der Waals surface area contributed by atoms with Crippen molar-refractivity contribution in [2.75, 3.05) is 9.80 Å². The Morgan fingerprint density at radius 1 is 0.325 bits per heavy atom. The van der Waals surface area contributed by atoms with Crippen molar-refractivity contribution in [1.29, 1.82) is 0 Å². The number of anilines is 6. The molecule has 0 amide bonds. The van der Waals surface area contributed by atoms with E-state index in [9.17, 15) is 0 Å². The number of aromatic nitrogens is 1. The monoisotopic (exact) mass is 1020 g/mol. The molecule has 4 heterocycles. The molecule has 0 unspecified atom stereocenters. The highest BCUT2D eigenvalue weighted by molar-refractivity contribution is 6.29. The third kappa shape index (κ3) is 5.70. The van der Waals surface area contributed by atoms with Gasteiger partial charge in [0, 0.05) is 89.2 Å². The normalized spacial score (nSPS) is 13.2. The average Bonchev–Trinajstić information content (AvgIpc) is 2.59. The Bertz CT molecular complexity index is 5280. The first kappa shape index (κ1) is 43.7. The van der Waals surface area contributed by atoms with Gasteiger partial charge in [-0.05, 0) is 149 Å². The van der Waals surface area contributed by atoms with Gasteiger partial charge in [-0.15, -0.1) is 0 Å². The summed E-state index contributed by atoms with van der Waals surface area (Å²) in [4.78, 5) is 4.93. The summed E-state index contributed by atoms with van der Waals surface area (Å²) in [5.74, 6) is 0. The maximum Gasteiger partial charge on any atom is 0.137 e. The van der Waals surface area contributed by atoms with Gasteiger partial charge in [-0.1, -0.05) is 152 Å². The molecular weight excluding hydrogens is 975 g/mol. The molecule has 0 saturated heterocycles. The van der Waals surface area contributed by atoms with Crippen molar-refractivity contribution in [1.82, 2.24) is 4.40 Å². The molecule has 0 atom stereocenters. The van der Waals surface area contributed by atoms with Crippen LogP contribution in [0, 0.1) is 13.8 Å². The summed E-state index contributed by atoms with van der Waals surface area (Å²) in [5, 5.41) is 9.34. The van der Waals surface area contributed by atoms with Crippen molar-refractivity contribution >= 4 is 116 Å². The van der Waals surface area contributed by atoms with Crippen LogP contribution in [0.2, 0.25) is 0 Å². The standard InChI is InChI=1S/C75H47N3O2/c1-44-16-13-18-46(38-44)76(49-32-35-56-54-23-6-11-30-67(54)79-69(56)41-49)48-34-37-59-63(40-48)75(61-27-8-3-20-51(61)52-21-4-9-28-62(52)75)64-43-66(72-60-26-15-25-58-53-22-5-10-29-65(53)78(73(58)60)74(72)71(59)64)77(47-19-14-17-45(2)39-47)50-33-36-57-55-24-7-12-31-68(55)80-70(57)42-50/h3-43H,1-2H3. The van der Waals surface area contributed by atoms with Crippen molar-refractivity contribution in [3.05, 3.63) is 282 Å². The van der Waals surface area contributed by atoms with Crippen LogP contribution < -0.4 is 9.80 Å². The Labute approximate surface area is 460 Å². The van der Waals surface area contributed by atoms with Crippen LogP contribution in [0.25, 0.3) is 104 Å². The van der Waals surface area contributed by atoms with Gasteiger partial charge in [0.25, 0.3) is 0 Å². The number of hydrogen-bond donors (Lipinski definition) is 0. The summed E-state index contributed by atoms with van der Waals surface area (Å²) in [6.45, 7) is 4.37. The number of aryl methyl sites for hydroxylation is 2. The minimum Gasteiger partial charge on any atom is -0.456 e. The summed E-state index contributed by atoms with van der Waals surface area (Å²) in [5.41, 5.74) is 25.1. The fourth-order valence-corrected chi connectivity index (χ4v) is 14.6. The second-order valence-corrected chi connectivity index (χ2v) is 22.1. The van der Waals surface area contributed by atoms with E-state index in [1.54, 1.807) is 0 Å². The highest BCUT2D eigenvalue weighted by Crippen LogP contribution is 2.66. The van der Waals surface area contributed by atoms with E-state index in [2.05, 4.69) is 271 Å². The Hall–Kier alpha value is -10.4. The summed E-state index contributed by atoms with van der Waals surface area (Å²) >= 11 is 0. The molecule has 5 heteroatoms. The van der Waals surface area contributed by atoms with Crippen LogP contribution in [0.5, 0.6) is 0 Å². The third-order valence-electron chi connectivity index (χ3n) is 17.8. The highest BCUT2D eigenvalue weighted by Gasteiger charge is 2.53. The number of hydrogen-bond acceptors (Lipinski definition) is 4. The predicted octanol–water partition coefficient (Wildman–Crippen LogP) is 20.5. The van der Waals surface area contributed by atoms with Crippen LogP contribution in [-0.2, 0) is 5.41 Å². The topological polar surface area (TPSA) is 37.2 Å². The maximum absolute atomic E-state index is 6.73. The van der Waals surface area contributed by atoms with Crippen molar-refractivity contribution in [3.8, 4) is 22.3 Å². The number of furan rings is 2. The van der Waals surface area contributed by atoms with Crippen LogP contribution >= 0.6 is 0 Å². The first-order chi connectivity index (χ1) is 39.5. The van der Waals surface area contributed by atoms with Gasteiger partial charge in [0.05, 0.1) is 27.7 Å². The van der Waals surface area contributed by atoms with Gasteiger partial charge in [-0.25, -0.2) is 0 Å². The zero-order valence-corrected chi connectivity index (χ0v) is 43.8. The minimum absolute atomic E-state index is 0.740. The van der Waals surface area contributed by atoms with Crippen molar-refractivity contribution in [3.63, 3.8) is 0 Å². The summed E-state index contributed by atoms with van der Waals surface area (Å²) in [6.07, 6.45) is 0. The lowest BCUT2D eigenvalue weighted by atomic mass is 9.70. The van der Waals surface area contributed by atoms with Gasteiger partial charge >= 0.3 is 0 Å². The fourth-order valence-electron chi connectivity index (χ4n) is 14.6. The molecule has 4 aromatic heterocycles. The molecule has 0 saturated carbocycles. The molecule has 16 aromatic rings. The Morgan fingerprint density at radius 3 is 1.49 bits per heavy atom. The molecule has 374 valence electrons. The highest BCUT2D eigenvalue weighted by atomic mass is 16.3. The fraction of sp³-hybridized carbons (Fsp3) is 0.0400. The van der Waals surface area contributed by atoms with Crippen LogP contribution in [0.1, 0.15) is 33.4 Å². The minimum atomic E-state index is -0.740. The number of fused-ring (bicyclic) bond motifs is 23. The van der Waals surface area contributed by atoms with Gasteiger partial charge in [0.2, 0.25) is 0 Å². The van der Waals surface area contributed by atoms with Gasteiger partial charge < -0.3 is 23.0 Å². The number of benzene rings is 12. The molecule has 0 fully saturated rings. The third-order valence-corrected chi connectivity index (χ3v) is 17.8. The molecule has 2 aliphatic carbocycles. The van der Waals surface area contributed by atoms with E-state index >= 15 is 0 Å².